The van der Waals surface area contributed by atoms with Gasteiger partial charge in [-0.1, -0.05) is 18.2 Å². The summed E-state index contributed by atoms with van der Waals surface area (Å²) < 4.78 is 36.1. The van der Waals surface area contributed by atoms with Crippen molar-refractivity contribution >= 4 is 15.5 Å². The Kier molecular flexibility index (Phi) is 3.90. The van der Waals surface area contributed by atoms with Gasteiger partial charge in [0.25, 0.3) is 0 Å². The fourth-order valence-corrected chi connectivity index (χ4v) is 3.00. The van der Waals surface area contributed by atoms with Crippen LogP contribution >= 0.6 is 0 Å². The molecule has 3 nitrogen and oxygen atoms in total. The number of hydrogen-bond donors (Lipinski definition) is 1. The molecule has 100 valence electrons. The van der Waals surface area contributed by atoms with E-state index in [9.17, 15) is 12.8 Å². The summed E-state index contributed by atoms with van der Waals surface area (Å²) in [6, 6.07) is 5.65. The van der Waals surface area contributed by atoms with Crippen LogP contribution in [0.3, 0.4) is 0 Å². The molecule has 1 aliphatic rings. The van der Waals surface area contributed by atoms with E-state index in [-0.39, 0.29) is 12.2 Å². The molecule has 0 amide bonds. The van der Waals surface area contributed by atoms with Crippen LogP contribution in [0.2, 0.25) is 0 Å². The Labute approximate surface area is 107 Å². The van der Waals surface area contributed by atoms with Crippen molar-refractivity contribution in [1.29, 1.82) is 0 Å². The highest BCUT2D eigenvalue weighted by Crippen LogP contribution is 2.34. The summed E-state index contributed by atoms with van der Waals surface area (Å²) >= 11 is 0. The van der Waals surface area contributed by atoms with Crippen molar-refractivity contribution < 1.29 is 12.8 Å². The number of hydrogen-bond acceptors (Lipinski definition) is 3. The lowest BCUT2D eigenvalue weighted by Crippen LogP contribution is -2.05. The maximum atomic E-state index is 14.1. The molecule has 1 N–H and O–H groups in total. The lowest BCUT2D eigenvalue weighted by atomic mass is 10.0. The molecule has 1 aromatic rings. The number of sulfone groups is 1. The quantitative estimate of drug-likeness (QED) is 0.895. The van der Waals surface area contributed by atoms with E-state index in [1.165, 1.54) is 6.26 Å². The van der Waals surface area contributed by atoms with E-state index < -0.39 is 16.0 Å². The van der Waals surface area contributed by atoms with Crippen molar-refractivity contribution in [2.45, 2.75) is 25.4 Å². The first kappa shape index (κ1) is 13.3. The smallest absolute Gasteiger partial charge is 0.147 e. The van der Waals surface area contributed by atoms with E-state index in [1.807, 2.05) is 12.1 Å². The van der Waals surface area contributed by atoms with E-state index in [1.54, 1.807) is 6.07 Å². The molecule has 18 heavy (non-hydrogen) atoms. The first-order valence-corrected chi connectivity index (χ1v) is 8.21. The van der Waals surface area contributed by atoms with E-state index in [0.717, 1.165) is 24.2 Å². The first-order valence-electron chi connectivity index (χ1n) is 6.15. The molecule has 1 aromatic carbocycles. The highest BCUT2D eigenvalue weighted by Gasteiger charge is 2.20. The van der Waals surface area contributed by atoms with Crippen LogP contribution in [-0.2, 0) is 16.3 Å². The van der Waals surface area contributed by atoms with Crippen molar-refractivity contribution in [3.05, 3.63) is 29.3 Å². The number of halogens is 1. The molecule has 1 unspecified atom stereocenters. The van der Waals surface area contributed by atoms with E-state index >= 15 is 0 Å². The molecule has 0 saturated carbocycles. The minimum absolute atomic E-state index is 0.0515. The van der Waals surface area contributed by atoms with Crippen LogP contribution in [0.4, 0.5) is 10.1 Å². The predicted molar refractivity (Wildman–Crippen MR) is 71.4 cm³/mol. The number of rotatable bonds is 5. The SMILES string of the molecule is CS(=O)(=O)CCCC(F)c1cccc2c1NCC2. The van der Waals surface area contributed by atoms with Gasteiger partial charge in [-0.05, 0) is 24.8 Å². The molecule has 0 bridgehead atoms. The molecule has 0 spiro atoms. The van der Waals surface area contributed by atoms with Crippen molar-refractivity contribution in [2.75, 3.05) is 23.9 Å². The summed E-state index contributed by atoms with van der Waals surface area (Å²) in [6.45, 7) is 0.850. The Morgan fingerprint density at radius 1 is 1.44 bits per heavy atom. The second-order valence-corrected chi connectivity index (χ2v) is 7.06. The Morgan fingerprint density at radius 3 is 2.94 bits per heavy atom. The van der Waals surface area contributed by atoms with Crippen LogP contribution in [-0.4, -0.2) is 27.0 Å². The zero-order valence-corrected chi connectivity index (χ0v) is 11.3. The van der Waals surface area contributed by atoms with Gasteiger partial charge in [-0.2, -0.15) is 0 Å². The molecule has 1 heterocycles. The van der Waals surface area contributed by atoms with Gasteiger partial charge in [-0.15, -0.1) is 0 Å². The summed E-state index contributed by atoms with van der Waals surface area (Å²) in [5.74, 6) is 0.0515. The van der Waals surface area contributed by atoms with Gasteiger partial charge in [0, 0.05) is 29.8 Å². The lowest BCUT2D eigenvalue weighted by Gasteiger charge is -2.13. The molecule has 0 fully saturated rings. The van der Waals surface area contributed by atoms with Gasteiger partial charge in [0.2, 0.25) is 0 Å². The van der Waals surface area contributed by atoms with Crippen molar-refractivity contribution in [3.63, 3.8) is 0 Å². The van der Waals surface area contributed by atoms with Crippen molar-refractivity contribution in [3.8, 4) is 0 Å². The molecule has 0 radical (unpaired) electrons. The molecule has 1 atom stereocenters. The maximum Gasteiger partial charge on any atom is 0.147 e. The highest BCUT2D eigenvalue weighted by molar-refractivity contribution is 7.90. The minimum Gasteiger partial charge on any atom is -0.384 e. The standard InChI is InChI=1S/C13H18FNO2S/c1-18(16,17)9-3-6-12(14)11-5-2-4-10-7-8-15-13(10)11/h2,4-5,12,15H,3,6-9H2,1H3. The zero-order valence-electron chi connectivity index (χ0n) is 10.4. The highest BCUT2D eigenvalue weighted by atomic mass is 32.2. The third kappa shape index (κ3) is 3.22. The van der Waals surface area contributed by atoms with Crippen LogP contribution in [0.15, 0.2) is 18.2 Å². The summed E-state index contributed by atoms with van der Waals surface area (Å²) in [5, 5.41) is 3.20. The topological polar surface area (TPSA) is 46.2 Å². The van der Waals surface area contributed by atoms with Gasteiger partial charge in [0.15, 0.2) is 0 Å². The molecule has 2 rings (SSSR count). The fourth-order valence-electron chi connectivity index (χ4n) is 2.31. The van der Waals surface area contributed by atoms with Crippen LogP contribution in [0.1, 0.15) is 30.1 Å². The molecule has 0 saturated heterocycles. The van der Waals surface area contributed by atoms with Crippen molar-refractivity contribution in [1.82, 2.24) is 0 Å². The predicted octanol–water partition coefficient (Wildman–Crippen LogP) is 2.49. The average Bonchev–Trinajstić information content (AvgIpc) is 2.74. The number of benzene rings is 1. The summed E-state index contributed by atoms with van der Waals surface area (Å²) in [6.07, 6.45) is 1.64. The van der Waals surface area contributed by atoms with E-state index in [0.29, 0.717) is 12.0 Å². The average molecular weight is 271 g/mol. The molecular weight excluding hydrogens is 253 g/mol. The Bertz CT molecular complexity index is 528. The van der Waals surface area contributed by atoms with Crippen LogP contribution < -0.4 is 5.32 Å². The minimum atomic E-state index is -3.00. The lowest BCUT2D eigenvalue weighted by molar-refractivity contribution is 0.322. The maximum absolute atomic E-state index is 14.1. The summed E-state index contributed by atoms with van der Waals surface area (Å²) in [5.41, 5.74) is 2.72. The van der Waals surface area contributed by atoms with E-state index in [2.05, 4.69) is 5.32 Å². The van der Waals surface area contributed by atoms with Gasteiger partial charge >= 0.3 is 0 Å². The molecule has 0 aromatic heterocycles. The fraction of sp³-hybridized carbons (Fsp3) is 0.538. The Balaban J connectivity index is 2.01. The zero-order chi connectivity index (χ0) is 13.2. The second kappa shape index (κ2) is 5.26. The molecule has 1 aliphatic heterocycles. The monoisotopic (exact) mass is 271 g/mol. The summed E-state index contributed by atoms with van der Waals surface area (Å²) in [7, 11) is -3.00. The van der Waals surface area contributed by atoms with Gasteiger partial charge in [0.05, 0.1) is 0 Å². The number of para-hydroxylation sites is 1. The molecular formula is C13H18FNO2S. The largest absolute Gasteiger partial charge is 0.384 e. The van der Waals surface area contributed by atoms with Crippen LogP contribution in [0, 0.1) is 0 Å². The van der Waals surface area contributed by atoms with E-state index in [4.69, 9.17) is 0 Å². The van der Waals surface area contributed by atoms with Crippen molar-refractivity contribution in [2.24, 2.45) is 0 Å². The molecule has 0 aliphatic carbocycles. The normalized spacial score (nSPS) is 16.1. The number of fused-ring (bicyclic) bond motifs is 1. The first-order chi connectivity index (χ1) is 8.47. The number of alkyl halides is 1. The van der Waals surface area contributed by atoms with Gasteiger partial charge in [0.1, 0.15) is 16.0 Å². The Hall–Kier alpha value is -1.10. The number of anilines is 1. The van der Waals surface area contributed by atoms with Crippen LogP contribution in [0.5, 0.6) is 0 Å². The third-order valence-electron chi connectivity index (χ3n) is 3.19. The van der Waals surface area contributed by atoms with Gasteiger partial charge < -0.3 is 5.32 Å². The Morgan fingerprint density at radius 2 is 2.22 bits per heavy atom. The summed E-state index contributed by atoms with van der Waals surface area (Å²) in [4.78, 5) is 0. The third-order valence-corrected chi connectivity index (χ3v) is 4.22. The van der Waals surface area contributed by atoms with Crippen LogP contribution in [0.25, 0.3) is 0 Å². The van der Waals surface area contributed by atoms with Gasteiger partial charge in [-0.25, -0.2) is 12.8 Å². The van der Waals surface area contributed by atoms with Gasteiger partial charge in [-0.3, -0.25) is 0 Å². The number of nitrogens with one attached hydrogen (secondary N) is 1. The molecule has 5 heteroatoms. The second-order valence-electron chi connectivity index (χ2n) is 4.80.